The van der Waals surface area contributed by atoms with Crippen LogP contribution in [-0.2, 0) is 0 Å². The summed E-state index contributed by atoms with van der Waals surface area (Å²) < 4.78 is 0. The standard InChI is InChI=1S/C10H14ClN.C2H6/c1-4-7-9(5-2)8-10(11)12-6-3;1-2/h5-6,8H,2-4,7H2,1H3;1-2H3/b9-8+,12-10?;. The summed E-state index contributed by atoms with van der Waals surface area (Å²) in [5, 5.41) is 0.452. The molecular formula is C12H20ClN. The van der Waals surface area contributed by atoms with Crippen molar-refractivity contribution in [1.29, 1.82) is 0 Å². The summed E-state index contributed by atoms with van der Waals surface area (Å²) in [5.41, 5.74) is 1.10. The van der Waals surface area contributed by atoms with Crippen molar-refractivity contribution in [2.24, 2.45) is 4.99 Å². The Bertz CT molecular complexity index is 214. The van der Waals surface area contributed by atoms with E-state index < -0.39 is 0 Å². The molecule has 0 amide bonds. The summed E-state index contributed by atoms with van der Waals surface area (Å²) in [7, 11) is 0. The van der Waals surface area contributed by atoms with Gasteiger partial charge in [-0.2, -0.15) is 0 Å². The van der Waals surface area contributed by atoms with E-state index in [1.807, 2.05) is 13.8 Å². The van der Waals surface area contributed by atoms with Gasteiger partial charge in [0, 0.05) is 6.20 Å². The zero-order valence-corrected chi connectivity index (χ0v) is 10.1. The van der Waals surface area contributed by atoms with Crippen LogP contribution in [0.2, 0.25) is 0 Å². The van der Waals surface area contributed by atoms with Crippen molar-refractivity contribution >= 4 is 16.8 Å². The van der Waals surface area contributed by atoms with E-state index in [-0.39, 0.29) is 0 Å². The van der Waals surface area contributed by atoms with Crippen molar-refractivity contribution in [2.75, 3.05) is 0 Å². The summed E-state index contributed by atoms with van der Waals surface area (Å²) >= 11 is 5.74. The largest absolute Gasteiger partial charge is 0.245 e. The van der Waals surface area contributed by atoms with Crippen LogP contribution in [0.15, 0.2) is 42.1 Å². The SMILES string of the molecule is C=CN=C(Cl)/C=C(\C=C)CCC.CC. The molecule has 0 saturated heterocycles. The predicted octanol–water partition coefficient (Wildman–Crippen LogP) is 4.71. The molecule has 0 spiro atoms. The van der Waals surface area contributed by atoms with Crippen LogP contribution < -0.4 is 0 Å². The van der Waals surface area contributed by atoms with E-state index in [9.17, 15) is 0 Å². The van der Waals surface area contributed by atoms with E-state index in [0.29, 0.717) is 5.17 Å². The lowest BCUT2D eigenvalue weighted by Crippen LogP contribution is -1.84. The van der Waals surface area contributed by atoms with Crippen molar-refractivity contribution in [3.8, 4) is 0 Å². The van der Waals surface area contributed by atoms with Gasteiger partial charge in [-0.15, -0.1) is 0 Å². The normalized spacial score (nSPS) is 11.4. The lowest BCUT2D eigenvalue weighted by molar-refractivity contribution is 0.928. The zero-order chi connectivity index (χ0) is 11.4. The zero-order valence-electron chi connectivity index (χ0n) is 9.39. The molecule has 14 heavy (non-hydrogen) atoms. The van der Waals surface area contributed by atoms with Crippen LogP contribution in [0.5, 0.6) is 0 Å². The van der Waals surface area contributed by atoms with Crippen LogP contribution >= 0.6 is 11.6 Å². The minimum absolute atomic E-state index is 0.452. The molecule has 0 atom stereocenters. The molecule has 0 N–H and O–H groups in total. The highest BCUT2D eigenvalue weighted by Gasteiger charge is 1.91. The van der Waals surface area contributed by atoms with Crippen molar-refractivity contribution in [2.45, 2.75) is 33.6 Å². The molecule has 0 aromatic carbocycles. The molecule has 0 radical (unpaired) electrons. The van der Waals surface area contributed by atoms with Crippen LogP contribution in [0.3, 0.4) is 0 Å². The van der Waals surface area contributed by atoms with E-state index >= 15 is 0 Å². The monoisotopic (exact) mass is 213 g/mol. The van der Waals surface area contributed by atoms with Gasteiger partial charge in [-0.25, -0.2) is 4.99 Å². The Morgan fingerprint density at radius 1 is 1.36 bits per heavy atom. The second-order valence-corrected chi connectivity index (χ2v) is 2.70. The Labute approximate surface area is 92.9 Å². The third-order valence-corrected chi connectivity index (χ3v) is 1.53. The Morgan fingerprint density at radius 2 is 1.93 bits per heavy atom. The molecule has 0 aromatic rings. The number of allylic oxidation sites excluding steroid dienone is 3. The summed E-state index contributed by atoms with van der Waals surface area (Å²) in [6, 6.07) is 0. The van der Waals surface area contributed by atoms with E-state index in [1.165, 1.54) is 6.20 Å². The molecule has 0 saturated carbocycles. The van der Waals surface area contributed by atoms with Gasteiger partial charge in [-0.3, -0.25) is 0 Å². The van der Waals surface area contributed by atoms with Crippen molar-refractivity contribution in [3.05, 3.63) is 37.1 Å². The number of rotatable bonds is 5. The van der Waals surface area contributed by atoms with E-state index in [2.05, 4.69) is 25.1 Å². The molecule has 0 aliphatic heterocycles. The smallest absolute Gasteiger partial charge is 0.129 e. The van der Waals surface area contributed by atoms with Crippen LogP contribution in [0.4, 0.5) is 0 Å². The average Bonchev–Trinajstić information content (AvgIpc) is 2.20. The molecule has 1 nitrogen and oxygen atoms in total. The Morgan fingerprint density at radius 3 is 2.29 bits per heavy atom. The van der Waals surface area contributed by atoms with Gasteiger partial charge in [-0.05, 0) is 18.1 Å². The number of aliphatic imine (C=N–C) groups is 1. The quantitative estimate of drug-likeness (QED) is 0.464. The maximum absolute atomic E-state index is 5.74. The molecule has 0 aliphatic rings. The molecule has 2 heteroatoms. The maximum Gasteiger partial charge on any atom is 0.129 e. The molecule has 0 unspecified atom stereocenters. The highest BCUT2D eigenvalue weighted by molar-refractivity contribution is 6.68. The third-order valence-electron chi connectivity index (χ3n) is 1.32. The number of hydrogen-bond acceptors (Lipinski definition) is 1. The van der Waals surface area contributed by atoms with E-state index in [4.69, 9.17) is 11.6 Å². The first-order valence-corrected chi connectivity index (χ1v) is 5.29. The fourth-order valence-corrected chi connectivity index (χ4v) is 1.01. The molecule has 80 valence electrons. The van der Waals surface area contributed by atoms with Gasteiger partial charge >= 0.3 is 0 Å². The van der Waals surface area contributed by atoms with Crippen molar-refractivity contribution in [3.63, 3.8) is 0 Å². The number of hydrogen-bond donors (Lipinski definition) is 0. The van der Waals surface area contributed by atoms with Gasteiger partial charge in [-0.1, -0.05) is 58.0 Å². The summed E-state index contributed by atoms with van der Waals surface area (Å²) in [6.07, 6.45) is 7.08. The number of halogens is 1. The van der Waals surface area contributed by atoms with Crippen molar-refractivity contribution < 1.29 is 0 Å². The molecule has 0 heterocycles. The van der Waals surface area contributed by atoms with Gasteiger partial charge in [0.25, 0.3) is 0 Å². The molecule has 0 fully saturated rings. The fraction of sp³-hybridized carbons (Fsp3) is 0.417. The van der Waals surface area contributed by atoms with Gasteiger partial charge in [0.05, 0.1) is 0 Å². The molecular weight excluding hydrogens is 194 g/mol. The van der Waals surface area contributed by atoms with E-state index in [0.717, 1.165) is 18.4 Å². The third kappa shape index (κ3) is 9.27. The first kappa shape index (κ1) is 15.6. The molecule has 0 bridgehead atoms. The summed E-state index contributed by atoms with van der Waals surface area (Å²) in [6.45, 7) is 13.2. The molecule has 0 aromatic heterocycles. The second-order valence-electron chi connectivity index (χ2n) is 2.31. The minimum atomic E-state index is 0.452. The first-order valence-electron chi connectivity index (χ1n) is 4.91. The highest BCUT2D eigenvalue weighted by Crippen LogP contribution is 2.07. The molecule has 0 aliphatic carbocycles. The Kier molecular flexibility index (Phi) is 13.6. The summed E-state index contributed by atoms with van der Waals surface area (Å²) in [4.78, 5) is 3.82. The predicted molar refractivity (Wildman–Crippen MR) is 68.0 cm³/mol. The lowest BCUT2D eigenvalue weighted by Gasteiger charge is -1.96. The van der Waals surface area contributed by atoms with Gasteiger partial charge in [0.1, 0.15) is 5.17 Å². The Balaban J connectivity index is 0. The maximum atomic E-state index is 5.74. The van der Waals surface area contributed by atoms with Gasteiger partial charge < -0.3 is 0 Å². The van der Waals surface area contributed by atoms with Crippen LogP contribution in [0.25, 0.3) is 0 Å². The van der Waals surface area contributed by atoms with E-state index in [1.54, 1.807) is 12.2 Å². The Hall–Kier alpha value is -0.820. The topological polar surface area (TPSA) is 12.4 Å². The van der Waals surface area contributed by atoms with Crippen LogP contribution in [0, 0.1) is 0 Å². The van der Waals surface area contributed by atoms with Crippen LogP contribution in [0.1, 0.15) is 33.6 Å². The second kappa shape index (κ2) is 12.2. The van der Waals surface area contributed by atoms with Crippen molar-refractivity contribution in [1.82, 2.24) is 0 Å². The van der Waals surface area contributed by atoms with Gasteiger partial charge in [0.2, 0.25) is 0 Å². The lowest BCUT2D eigenvalue weighted by atomic mass is 10.1. The fourth-order valence-electron chi connectivity index (χ4n) is 0.799. The minimum Gasteiger partial charge on any atom is -0.245 e. The van der Waals surface area contributed by atoms with Gasteiger partial charge in [0.15, 0.2) is 0 Å². The molecule has 0 rings (SSSR count). The van der Waals surface area contributed by atoms with Crippen LogP contribution in [-0.4, -0.2) is 5.17 Å². The summed E-state index contributed by atoms with van der Waals surface area (Å²) in [5.74, 6) is 0. The average molecular weight is 214 g/mol. The first-order chi connectivity index (χ1) is 6.74. The highest BCUT2D eigenvalue weighted by atomic mass is 35.5. The number of nitrogens with zero attached hydrogens (tertiary/aromatic N) is 1.